The van der Waals surface area contributed by atoms with Crippen molar-refractivity contribution < 1.29 is 28.2 Å². The number of carboxylic acid groups (broad SMARTS) is 1. The van der Waals surface area contributed by atoms with Crippen LogP contribution in [0.4, 0.5) is 24.8 Å². The van der Waals surface area contributed by atoms with Crippen molar-refractivity contribution in [1.82, 2.24) is 4.98 Å². The van der Waals surface area contributed by atoms with E-state index in [1.807, 2.05) is 0 Å². The minimum Gasteiger partial charge on any atom is -0.481 e. The molecule has 156 valence electrons. The van der Waals surface area contributed by atoms with Crippen LogP contribution in [0, 0.1) is 29.1 Å². The van der Waals surface area contributed by atoms with Gasteiger partial charge >= 0.3 is 12.1 Å². The number of β-amino-alcohol motifs (C(OH)–C–C–N with tert-alkyl or cyclic N) is 1. The van der Waals surface area contributed by atoms with Crippen molar-refractivity contribution in [2.75, 3.05) is 29.4 Å². The number of aliphatic hydroxyl groups excluding tert-OH is 1. The number of pyridine rings is 1. The van der Waals surface area contributed by atoms with Gasteiger partial charge in [0.15, 0.2) is 0 Å². The van der Waals surface area contributed by atoms with E-state index in [0.717, 1.165) is 6.07 Å². The molecule has 29 heavy (non-hydrogen) atoms. The molecule has 3 aliphatic rings. The molecular formula is C19H21F3N4O3. The number of aromatic nitrogens is 1. The van der Waals surface area contributed by atoms with Gasteiger partial charge in [0.25, 0.3) is 0 Å². The number of hydrogen-bond acceptors (Lipinski definition) is 6. The number of rotatable bonds is 4. The number of nitrogens with zero attached hydrogens (tertiary/aromatic N) is 4. The Morgan fingerprint density at radius 1 is 1.34 bits per heavy atom. The maximum absolute atomic E-state index is 13.7. The average molecular weight is 410 g/mol. The van der Waals surface area contributed by atoms with E-state index >= 15 is 0 Å². The number of aliphatic hydroxyl groups is 1. The van der Waals surface area contributed by atoms with E-state index in [2.05, 4.69) is 4.98 Å². The van der Waals surface area contributed by atoms with E-state index in [0.29, 0.717) is 19.5 Å². The maximum atomic E-state index is 13.7. The Bertz CT molecular complexity index is 873. The number of carbonyl (C=O) groups is 1. The van der Waals surface area contributed by atoms with Crippen LogP contribution in [0.25, 0.3) is 0 Å². The van der Waals surface area contributed by atoms with Crippen molar-refractivity contribution in [3.8, 4) is 6.07 Å². The number of piperidine rings is 1. The van der Waals surface area contributed by atoms with Gasteiger partial charge in [0, 0.05) is 32.1 Å². The molecule has 3 heterocycles. The standard InChI is InChI=1S/C19H21F3N4O3/c1-9-2-10(27)6-26(9)18-12(5-23)15(19(20,21)22)4-16(24-18)25-7-13-11(3-17(28)29)14(13)8-25/h4,9-11,13-14,27H,2-3,6-8H2,1H3,(H,28,29)/t9-,10-,11?,13?,14?/m0/s1. The highest BCUT2D eigenvalue weighted by molar-refractivity contribution is 5.68. The van der Waals surface area contributed by atoms with Crippen LogP contribution in [0.3, 0.4) is 0 Å². The Labute approximate surface area is 165 Å². The fourth-order valence-corrected chi connectivity index (χ4v) is 4.86. The van der Waals surface area contributed by atoms with Gasteiger partial charge in [-0.1, -0.05) is 0 Å². The number of nitriles is 1. The van der Waals surface area contributed by atoms with Crippen molar-refractivity contribution in [1.29, 1.82) is 5.26 Å². The molecule has 2 aliphatic heterocycles. The molecule has 2 unspecified atom stereocenters. The van der Waals surface area contributed by atoms with E-state index in [9.17, 15) is 28.3 Å². The number of carboxylic acids is 1. The lowest BCUT2D eigenvalue weighted by Crippen LogP contribution is -2.32. The molecule has 0 spiro atoms. The third-order valence-corrected chi connectivity index (χ3v) is 6.33. The van der Waals surface area contributed by atoms with E-state index < -0.39 is 29.4 Å². The summed E-state index contributed by atoms with van der Waals surface area (Å²) in [7, 11) is 0. The molecular weight excluding hydrogens is 389 g/mol. The zero-order valence-corrected chi connectivity index (χ0v) is 15.7. The lowest BCUT2D eigenvalue weighted by atomic mass is 10.1. The van der Waals surface area contributed by atoms with E-state index in [-0.39, 0.29) is 48.4 Å². The van der Waals surface area contributed by atoms with Gasteiger partial charge in [0.1, 0.15) is 23.3 Å². The van der Waals surface area contributed by atoms with Gasteiger partial charge in [-0.25, -0.2) is 4.98 Å². The van der Waals surface area contributed by atoms with E-state index in [1.54, 1.807) is 22.8 Å². The Balaban J connectivity index is 1.68. The molecule has 7 nitrogen and oxygen atoms in total. The van der Waals surface area contributed by atoms with Gasteiger partial charge in [0.05, 0.1) is 11.7 Å². The van der Waals surface area contributed by atoms with Crippen LogP contribution >= 0.6 is 0 Å². The molecule has 3 fully saturated rings. The predicted molar refractivity (Wildman–Crippen MR) is 96.3 cm³/mol. The largest absolute Gasteiger partial charge is 0.481 e. The molecule has 0 aromatic carbocycles. The Kier molecular flexibility index (Phi) is 4.61. The number of halogens is 3. The van der Waals surface area contributed by atoms with Crippen LogP contribution in [-0.2, 0) is 11.0 Å². The van der Waals surface area contributed by atoms with Crippen molar-refractivity contribution in [2.45, 2.75) is 38.1 Å². The highest BCUT2D eigenvalue weighted by atomic mass is 19.4. The molecule has 1 aromatic rings. The zero-order valence-electron chi connectivity index (χ0n) is 15.7. The average Bonchev–Trinajstić information content (AvgIpc) is 2.96. The van der Waals surface area contributed by atoms with Crippen molar-refractivity contribution in [3.05, 3.63) is 17.2 Å². The molecule has 0 radical (unpaired) electrons. The molecule has 4 atom stereocenters. The summed E-state index contributed by atoms with van der Waals surface area (Å²) in [6, 6.07) is 2.33. The maximum Gasteiger partial charge on any atom is 0.417 e. The molecule has 2 saturated heterocycles. The normalized spacial score (nSPS) is 31.0. The van der Waals surface area contributed by atoms with Crippen molar-refractivity contribution in [3.63, 3.8) is 0 Å². The van der Waals surface area contributed by atoms with Crippen LogP contribution in [0.1, 0.15) is 30.9 Å². The quantitative estimate of drug-likeness (QED) is 0.784. The first-order chi connectivity index (χ1) is 13.6. The molecule has 2 N–H and O–H groups in total. The van der Waals surface area contributed by atoms with Crippen LogP contribution in [0.5, 0.6) is 0 Å². The highest BCUT2D eigenvalue weighted by Gasteiger charge is 2.56. The Morgan fingerprint density at radius 3 is 2.48 bits per heavy atom. The first-order valence-corrected chi connectivity index (χ1v) is 9.54. The molecule has 0 amide bonds. The van der Waals surface area contributed by atoms with Gasteiger partial charge in [-0.3, -0.25) is 4.79 Å². The summed E-state index contributed by atoms with van der Waals surface area (Å²) >= 11 is 0. The minimum atomic E-state index is -4.71. The Hall–Kier alpha value is -2.54. The van der Waals surface area contributed by atoms with Gasteiger partial charge in [-0.2, -0.15) is 18.4 Å². The number of hydrogen-bond donors (Lipinski definition) is 2. The molecule has 10 heteroatoms. The zero-order chi connectivity index (χ0) is 21.1. The fraction of sp³-hybridized carbons (Fsp3) is 0.632. The van der Waals surface area contributed by atoms with E-state index in [4.69, 9.17) is 5.11 Å². The fourth-order valence-electron chi connectivity index (χ4n) is 4.86. The summed E-state index contributed by atoms with van der Waals surface area (Å²) in [5.41, 5.74) is -1.56. The second kappa shape index (κ2) is 6.76. The third kappa shape index (κ3) is 3.48. The summed E-state index contributed by atoms with van der Waals surface area (Å²) in [6.45, 7) is 2.81. The molecule has 4 rings (SSSR count). The topological polar surface area (TPSA) is 101 Å². The molecule has 0 bridgehead atoms. The lowest BCUT2D eigenvalue weighted by molar-refractivity contribution is -0.138. The summed E-state index contributed by atoms with van der Waals surface area (Å²) in [5.74, 6) is -0.416. The SMILES string of the molecule is C[C@H]1C[C@H](O)CN1c1nc(N2CC3C(CC(=O)O)C3C2)cc(C(F)(F)F)c1C#N. The first-order valence-electron chi connectivity index (χ1n) is 9.54. The smallest absolute Gasteiger partial charge is 0.417 e. The Morgan fingerprint density at radius 2 is 2.00 bits per heavy atom. The summed E-state index contributed by atoms with van der Waals surface area (Å²) in [4.78, 5) is 18.6. The molecule has 1 aromatic heterocycles. The van der Waals surface area contributed by atoms with Crippen LogP contribution in [0.2, 0.25) is 0 Å². The van der Waals surface area contributed by atoms with Gasteiger partial charge in [-0.15, -0.1) is 0 Å². The predicted octanol–water partition coefficient (Wildman–Crippen LogP) is 2.09. The summed E-state index contributed by atoms with van der Waals surface area (Å²) in [6.07, 6.45) is -4.93. The minimum absolute atomic E-state index is 0.0518. The number of anilines is 2. The lowest BCUT2D eigenvalue weighted by Gasteiger charge is -2.28. The molecule has 1 aliphatic carbocycles. The van der Waals surface area contributed by atoms with Crippen LogP contribution < -0.4 is 9.80 Å². The van der Waals surface area contributed by atoms with Gasteiger partial charge in [-0.05, 0) is 37.2 Å². The van der Waals surface area contributed by atoms with Gasteiger partial charge in [0.2, 0.25) is 0 Å². The van der Waals surface area contributed by atoms with Gasteiger partial charge < -0.3 is 20.0 Å². The second-order valence-corrected chi connectivity index (χ2v) is 8.22. The first kappa shape index (κ1) is 19.8. The second-order valence-electron chi connectivity index (χ2n) is 8.22. The number of alkyl halides is 3. The summed E-state index contributed by atoms with van der Waals surface area (Å²) < 4.78 is 41.1. The highest BCUT2D eigenvalue weighted by Crippen LogP contribution is 2.54. The molecule has 1 saturated carbocycles. The van der Waals surface area contributed by atoms with Crippen LogP contribution in [0.15, 0.2) is 6.07 Å². The monoisotopic (exact) mass is 410 g/mol. The third-order valence-electron chi connectivity index (χ3n) is 6.33. The van der Waals surface area contributed by atoms with Crippen LogP contribution in [-0.4, -0.2) is 52.9 Å². The van der Waals surface area contributed by atoms with E-state index in [1.165, 1.54) is 0 Å². The number of fused-ring (bicyclic) bond motifs is 1. The number of aliphatic carboxylic acids is 1. The van der Waals surface area contributed by atoms with Crippen molar-refractivity contribution >= 4 is 17.6 Å². The summed E-state index contributed by atoms with van der Waals surface area (Å²) in [5, 5.41) is 28.3. The van der Waals surface area contributed by atoms with Crippen molar-refractivity contribution in [2.24, 2.45) is 17.8 Å².